The third-order valence-electron chi connectivity index (χ3n) is 5.60. The van der Waals surface area contributed by atoms with E-state index in [1.165, 1.54) is 16.2 Å². The lowest BCUT2D eigenvalue weighted by atomic mass is 9.88. The number of hydrogen-bond donors (Lipinski definition) is 1. The number of nitrogens with zero attached hydrogens (tertiary/aromatic N) is 1. The molecule has 2 heterocycles. The van der Waals surface area contributed by atoms with Gasteiger partial charge in [0.2, 0.25) is 5.91 Å². The van der Waals surface area contributed by atoms with Gasteiger partial charge in [-0.2, -0.15) is 0 Å². The van der Waals surface area contributed by atoms with E-state index in [1.807, 2.05) is 20.8 Å². The van der Waals surface area contributed by atoms with Crippen LogP contribution in [0.5, 0.6) is 0 Å². The van der Waals surface area contributed by atoms with E-state index in [4.69, 9.17) is 9.47 Å². The van der Waals surface area contributed by atoms with Crippen molar-refractivity contribution in [2.75, 3.05) is 25.0 Å². The number of ether oxygens (including phenoxy) is 2. The molecule has 0 spiro atoms. The molecule has 6 nitrogen and oxygen atoms in total. The molecule has 0 bridgehead atoms. The van der Waals surface area contributed by atoms with Crippen molar-refractivity contribution in [2.24, 2.45) is 5.92 Å². The van der Waals surface area contributed by atoms with E-state index < -0.39 is 0 Å². The molecule has 1 aromatic rings. The Bertz CT molecular complexity index is 722. The molecule has 0 saturated carbocycles. The Kier molecular flexibility index (Phi) is 6.78. The number of anilines is 1. The Morgan fingerprint density at radius 2 is 1.96 bits per heavy atom. The summed E-state index contributed by atoms with van der Waals surface area (Å²) in [5.41, 5.74) is 1.64. The molecule has 0 aromatic carbocycles. The van der Waals surface area contributed by atoms with Crippen molar-refractivity contribution in [1.82, 2.24) is 4.90 Å². The fraction of sp³-hybridized carbons (Fsp3) is 0.714. The molecular weight excluding hydrogens is 376 g/mol. The van der Waals surface area contributed by atoms with E-state index in [1.54, 1.807) is 6.92 Å². The second kappa shape index (κ2) is 8.93. The minimum atomic E-state index is -0.328. The van der Waals surface area contributed by atoms with Crippen LogP contribution in [0.2, 0.25) is 0 Å². The summed E-state index contributed by atoms with van der Waals surface area (Å²) in [4.78, 5) is 29.0. The summed E-state index contributed by atoms with van der Waals surface area (Å²) >= 11 is 1.54. The fourth-order valence-electron chi connectivity index (χ4n) is 4.17. The molecule has 156 valence electrons. The first kappa shape index (κ1) is 21.3. The largest absolute Gasteiger partial charge is 0.462 e. The van der Waals surface area contributed by atoms with Crippen molar-refractivity contribution in [3.05, 3.63) is 16.0 Å². The number of carbonyl (C=O) groups is 2. The molecule has 3 rings (SSSR count). The number of carbonyl (C=O) groups excluding carboxylic acids is 2. The van der Waals surface area contributed by atoms with Gasteiger partial charge in [-0.15, -0.1) is 11.3 Å². The van der Waals surface area contributed by atoms with Crippen LogP contribution in [0, 0.1) is 5.92 Å². The van der Waals surface area contributed by atoms with Crippen LogP contribution in [0.15, 0.2) is 0 Å². The number of nitrogens with one attached hydrogen (secondary N) is 1. The molecule has 1 aromatic heterocycles. The van der Waals surface area contributed by atoms with Gasteiger partial charge in [0.25, 0.3) is 0 Å². The van der Waals surface area contributed by atoms with Gasteiger partial charge < -0.3 is 14.8 Å². The van der Waals surface area contributed by atoms with Gasteiger partial charge in [0.15, 0.2) is 0 Å². The Balaban J connectivity index is 1.80. The standard InChI is InChI=1S/C21H32N2O4S/c1-6-26-21(25)18-16-8-7-12(2)9-17(16)28-20(18)22-19(24)15(5)23-10-13(3)27-14(4)11-23/h12-15H,6-11H2,1-5H3,(H,22,24)/t12-,13-,14-,15-/m1/s1. The van der Waals surface area contributed by atoms with Crippen LogP contribution in [0.3, 0.4) is 0 Å². The average Bonchev–Trinajstić information content (AvgIpc) is 2.97. The molecule has 1 fully saturated rings. The molecule has 4 atom stereocenters. The van der Waals surface area contributed by atoms with Gasteiger partial charge in [0.05, 0.1) is 30.4 Å². The summed E-state index contributed by atoms with van der Waals surface area (Å²) in [5.74, 6) is 0.185. The molecular formula is C21H32N2O4S. The smallest absolute Gasteiger partial charge is 0.341 e. The second-order valence-electron chi connectivity index (χ2n) is 8.15. The highest BCUT2D eigenvalue weighted by atomic mass is 32.1. The SMILES string of the molecule is CCOC(=O)c1c(NC(=O)[C@@H](C)N2C[C@@H](C)O[C@H](C)C2)sc2c1CC[C@@H](C)C2. The van der Waals surface area contributed by atoms with Crippen LogP contribution in [0.4, 0.5) is 5.00 Å². The van der Waals surface area contributed by atoms with E-state index >= 15 is 0 Å². The van der Waals surface area contributed by atoms with Crippen molar-refractivity contribution in [3.8, 4) is 0 Å². The first-order valence-electron chi connectivity index (χ1n) is 10.3. The van der Waals surface area contributed by atoms with Crippen molar-refractivity contribution in [1.29, 1.82) is 0 Å². The van der Waals surface area contributed by atoms with Gasteiger partial charge in [0, 0.05) is 18.0 Å². The number of morpholine rings is 1. The van der Waals surface area contributed by atoms with Gasteiger partial charge in [-0.3, -0.25) is 9.69 Å². The number of fused-ring (bicyclic) bond motifs is 1. The highest BCUT2D eigenvalue weighted by Gasteiger charge is 2.32. The van der Waals surface area contributed by atoms with Crippen molar-refractivity contribution >= 4 is 28.2 Å². The minimum absolute atomic E-state index is 0.0847. The van der Waals surface area contributed by atoms with E-state index in [2.05, 4.69) is 17.1 Å². The summed E-state index contributed by atoms with van der Waals surface area (Å²) in [6.45, 7) is 11.8. The summed E-state index contributed by atoms with van der Waals surface area (Å²) in [5, 5.41) is 3.69. The maximum atomic E-state index is 13.0. The molecule has 1 N–H and O–H groups in total. The summed E-state index contributed by atoms with van der Waals surface area (Å²) in [6, 6.07) is -0.290. The predicted molar refractivity (Wildman–Crippen MR) is 111 cm³/mol. The Morgan fingerprint density at radius 3 is 2.61 bits per heavy atom. The van der Waals surface area contributed by atoms with Crippen molar-refractivity contribution < 1.29 is 19.1 Å². The number of amides is 1. The maximum absolute atomic E-state index is 13.0. The van der Waals surface area contributed by atoms with Crippen LogP contribution in [-0.2, 0) is 27.1 Å². The van der Waals surface area contributed by atoms with Crippen LogP contribution in [0.25, 0.3) is 0 Å². The number of hydrogen-bond acceptors (Lipinski definition) is 6. The first-order valence-corrected chi connectivity index (χ1v) is 11.1. The monoisotopic (exact) mass is 408 g/mol. The zero-order chi connectivity index (χ0) is 20.4. The predicted octanol–water partition coefficient (Wildman–Crippen LogP) is 3.49. The molecule has 28 heavy (non-hydrogen) atoms. The van der Waals surface area contributed by atoms with E-state index in [-0.39, 0.29) is 30.1 Å². The van der Waals surface area contributed by atoms with Gasteiger partial charge in [-0.25, -0.2) is 4.79 Å². The van der Waals surface area contributed by atoms with Crippen LogP contribution in [-0.4, -0.2) is 54.7 Å². The van der Waals surface area contributed by atoms with Gasteiger partial charge in [-0.05, 0) is 58.4 Å². The third kappa shape index (κ3) is 4.58. The molecule has 7 heteroatoms. The maximum Gasteiger partial charge on any atom is 0.341 e. The lowest BCUT2D eigenvalue weighted by Crippen LogP contribution is -2.52. The zero-order valence-corrected chi connectivity index (χ0v) is 18.4. The summed E-state index contributed by atoms with van der Waals surface area (Å²) in [7, 11) is 0. The lowest BCUT2D eigenvalue weighted by molar-refractivity contribution is -0.126. The molecule has 1 aliphatic carbocycles. The quantitative estimate of drug-likeness (QED) is 0.756. The average molecular weight is 409 g/mol. The Morgan fingerprint density at radius 1 is 1.29 bits per heavy atom. The molecule has 1 amide bonds. The van der Waals surface area contributed by atoms with Crippen molar-refractivity contribution in [2.45, 2.75) is 72.1 Å². The molecule has 1 aliphatic heterocycles. The summed E-state index contributed by atoms with van der Waals surface area (Å²) < 4.78 is 11.1. The lowest BCUT2D eigenvalue weighted by Gasteiger charge is -2.38. The Labute approximate surface area is 171 Å². The van der Waals surface area contributed by atoms with Gasteiger partial charge in [0.1, 0.15) is 5.00 Å². The first-order chi connectivity index (χ1) is 13.3. The molecule has 2 aliphatic rings. The number of esters is 1. The van der Waals surface area contributed by atoms with Crippen molar-refractivity contribution in [3.63, 3.8) is 0 Å². The topological polar surface area (TPSA) is 67.9 Å². The fourth-order valence-corrected chi connectivity index (χ4v) is 5.58. The second-order valence-corrected chi connectivity index (χ2v) is 9.26. The van der Waals surface area contributed by atoms with Gasteiger partial charge in [-0.1, -0.05) is 6.92 Å². The van der Waals surface area contributed by atoms with E-state index in [0.717, 1.165) is 37.9 Å². The summed E-state index contributed by atoms with van der Waals surface area (Å²) in [6.07, 6.45) is 3.08. The number of rotatable bonds is 5. The third-order valence-corrected chi connectivity index (χ3v) is 6.77. The number of thiophene rings is 1. The minimum Gasteiger partial charge on any atom is -0.462 e. The Hall–Kier alpha value is -1.44. The molecule has 0 unspecified atom stereocenters. The highest BCUT2D eigenvalue weighted by Crippen LogP contribution is 2.40. The highest BCUT2D eigenvalue weighted by molar-refractivity contribution is 7.17. The van der Waals surface area contributed by atoms with Crippen LogP contribution >= 0.6 is 11.3 Å². The van der Waals surface area contributed by atoms with Gasteiger partial charge >= 0.3 is 5.97 Å². The van der Waals surface area contributed by atoms with E-state index in [9.17, 15) is 9.59 Å². The zero-order valence-electron chi connectivity index (χ0n) is 17.5. The normalized spacial score (nSPS) is 26.4. The molecule has 1 saturated heterocycles. The van der Waals surface area contributed by atoms with E-state index in [0.29, 0.717) is 23.1 Å². The molecule has 0 radical (unpaired) electrons. The van der Waals surface area contributed by atoms with Crippen LogP contribution < -0.4 is 5.32 Å². The van der Waals surface area contributed by atoms with Crippen LogP contribution in [0.1, 0.15) is 61.8 Å².